The SMILES string of the molecule is C=CC(=O)Nc1cc(Nc2cncc(-c3ccnc(N4CCn5c(cc6c5CC(C)(C)C6)C4=O)c3C)n2)ccc1N1CCN(C2CCOCC2)CC1C. The molecule has 12 heteroatoms. The molecule has 4 aliphatic rings. The molecule has 2 N–H and O–H groups in total. The number of aromatic nitrogens is 4. The van der Waals surface area contributed by atoms with Gasteiger partial charge in [-0.25, -0.2) is 9.97 Å². The van der Waals surface area contributed by atoms with E-state index in [9.17, 15) is 9.59 Å². The minimum absolute atomic E-state index is 0.0175. The number of hydrogen-bond acceptors (Lipinski definition) is 9. The molecule has 3 aromatic heterocycles. The van der Waals surface area contributed by atoms with Gasteiger partial charge < -0.3 is 24.8 Å². The van der Waals surface area contributed by atoms with Crippen molar-refractivity contribution in [3.8, 4) is 11.3 Å². The van der Waals surface area contributed by atoms with Gasteiger partial charge in [0.1, 0.15) is 17.3 Å². The molecule has 0 saturated carbocycles. The monoisotopic (exact) mass is 715 g/mol. The number of piperazine rings is 1. The van der Waals surface area contributed by atoms with Gasteiger partial charge in [0.2, 0.25) is 5.91 Å². The van der Waals surface area contributed by atoms with Crippen LogP contribution in [0.3, 0.4) is 0 Å². The highest BCUT2D eigenvalue weighted by molar-refractivity contribution is 6.06. The Morgan fingerprint density at radius 1 is 1.06 bits per heavy atom. The van der Waals surface area contributed by atoms with E-state index in [0.717, 1.165) is 93.3 Å². The van der Waals surface area contributed by atoms with E-state index in [-0.39, 0.29) is 23.3 Å². The van der Waals surface area contributed by atoms with E-state index in [2.05, 4.69) is 74.5 Å². The first-order chi connectivity index (χ1) is 25.6. The van der Waals surface area contributed by atoms with E-state index in [4.69, 9.17) is 9.72 Å². The van der Waals surface area contributed by atoms with Crippen molar-refractivity contribution in [2.24, 2.45) is 5.41 Å². The summed E-state index contributed by atoms with van der Waals surface area (Å²) in [5.41, 5.74) is 8.40. The molecule has 2 saturated heterocycles. The molecule has 0 bridgehead atoms. The molecule has 4 aromatic rings. The number of hydrogen-bond donors (Lipinski definition) is 2. The van der Waals surface area contributed by atoms with Gasteiger partial charge in [0, 0.05) is 86.7 Å². The molecular formula is C41H49N9O3. The summed E-state index contributed by atoms with van der Waals surface area (Å²) in [5, 5.41) is 6.44. The van der Waals surface area contributed by atoms with Crippen LogP contribution in [0.25, 0.3) is 11.3 Å². The summed E-state index contributed by atoms with van der Waals surface area (Å²) in [7, 11) is 0. The molecule has 53 heavy (non-hydrogen) atoms. The fourth-order valence-electron chi connectivity index (χ4n) is 8.76. The van der Waals surface area contributed by atoms with Crippen molar-refractivity contribution in [2.75, 3.05) is 59.8 Å². The molecule has 8 rings (SSSR count). The molecule has 2 fully saturated rings. The summed E-state index contributed by atoms with van der Waals surface area (Å²) in [6, 6.07) is 10.8. The predicted molar refractivity (Wildman–Crippen MR) is 208 cm³/mol. The van der Waals surface area contributed by atoms with E-state index in [1.807, 2.05) is 25.1 Å². The number of benzene rings is 1. The molecule has 1 aromatic carbocycles. The maximum absolute atomic E-state index is 13.9. The highest BCUT2D eigenvalue weighted by atomic mass is 16.5. The van der Waals surface area contributed by atoms with E-state index in [0.29, 0.717) is 35.6 Å². The normalized spacial score (nSPS) is 20.2. The first-order valence-corrected chi connectivity index (χ1v) is 18.8. The topological polar surface area (TPSA) is 121 Å². The van der Waals surface area contributed by atoms with Crippen LogP contribution in [0, 0.1) is 12.3 Å². The number of fused-ring (bicyclic) bond motifs is 3. The maximum atomic E-state index is 13.9. The van der Waals surface area contributed by atoms with E-state index >= 15 is 0 Å². The van der Waals surface area contributed by atoms with Crippen LogP contribution in [0.4, 0.5) is 28.7 Å². The summed E-state index contributed by atoms with van der Waals surface area (Å²) in [4.78, 5) is 47.4. The Morgan fingerprint density at radius 2 is 1.89 bits per heavy atom. The van der Waals surface area contributed by atoms with Crippen LogP contribution >= 0.6 is 0 Å². The van der Waals surface area contributed by atoms with Gasteiger partial charge in [-0.05, 0) is 86.9 Å². The molecule has 3 aliphatic heterocycles. The van der Waals surface area contributed by atoms with Gasteiger partial charge in [-0.15, -0.1) is 0 Å². The first-order valence-electron chi connectivity index (χ1n) is 18.8. The number of ether oxygens (including phenoxy) is 1. The lowest BCUT2D eigenvalue weighted by Crippen LogP contribution is -2.56. The molecule has 0 spiro atoms. The number of rotatable bonds is 8. The van der Waals surface area contributed by atoms with Gasteiger partial charge in [0.15, 0.2) is 0 Å². The Labute approximate surface area is 311 Å². The molecule has 0 radical (unpaired) electrons. The van der Waals surface area contributed by atoms with E-state index in [1.54, 1.807) is 23.5 Å². The summed E-state index contributed by atoms with van der Waals surface area (Å²) in [6.45, 7) is 18.2. The number of carbonyl (C=O) groups excluding carboxylic acids is 2. The third-order valence-corrected chi connectivity index (χ3v) is 11.4. The van der Waals surface area contributed by atoms with Crippen LogP contribution in [0.5, 0.6) is 0 Å². The Balaban J connectivity index is 1.01. The highest BCUT2D eigenvalue weighted by Crippen LogP contribution is 2.40. The van der Waals surface area contributed by atoms with E-state index < -0.39 is 0 Å². The third kappa shape index (κ3) is 6.81. The first kappa shape index (κ1) is 35.0. The molecule has 1 unspecified atom stereocenters. The Kier molecular flexibility index (Phi) is 9.28. The predicted octanol–water partition coefficient (Wildman–Crippen LogP) is 5.99. The number of nitrogens with one attached hydrogen (secondary N) is 2. The second-order valence-electron chi connectivity index (χ2n) is 15.7. The van der Waals surface area contributed by atoms with Gasteiger partial charge in [-0.2, -0.15) is 0 Å². The molecular weight excluding hydrogens is 667 g/mol. The lowest BCUT2D eigenvalue weighted by atomic mass is 9.90. The number of nitrogens with zero attached hydrogens (tertiary/aromatic N) is 7. The number of amides is 2. The lowest BCUT2D eigenvalue weighted by molar-refractivity contribution is -0.111. The zero-order valence-corrected chi connectivity index (χ0v) is 31.2. The summed E-state index contributed by atoms with van der Waals surface area (Å²) in [5.74, 6) is 0.908. The van der Waals surface area contributed by atoms with Crippen molar-refractivity contribution in [1.82, 2.24) is 24.4 Å². The molecule has 1 aliphatic carbocycles. The van der Waals surface area contributed by atoms with Gasteiger partial charge in [0.25, 0.3) is 5.91 Å². The van der Waals surface area contributed by atoms with Gasteiger partial charge >= 0.3 is 0 Å². The third-order valence-electron chi connectivity index (χ3n) is 11.4. The van der Waals surface area contributed by atoms with Crippen LogP contribution in [0.2, 0.25) is 0 Å². The Bertz CT molecular complexity index is 2070. The summed E-state index contributed by atoms with van der Waals surface area (Å²) >= 11 is 0. The lowest BCUT2D eigenvalue weighted by Gasteiger charge is -2.45. The van der Waals surface area contributed by atoms with Crippen LogP contribution in [-0.4, -0.2) is 87.7 Å². The van der Waals surface area contributed by atoms with Crippen LogP contribution in [0.1, 0.15) is 60.9 Å². The number of carbonyl (C=O) groups is 2. The smallest absolute Gasteiger partial charge is 0.276 e. The quantitative estimate of drug-likeness (QED) is 0.212. The summed E-state index contributed by atoms with van der Waals surface area (Å²) in [6.07, 6.45) is 10.6. The molecule has 276 valence electrons. The Morgan fingerprint density at radius 3 is 2.68 bits per heavy atom. The van der Waals surface area contributed by atoms with Crippen molar-refractivity contribution in [2.45, 2.75) is 72.0 Å². The number of pyridine rings is 1. The average molecular weight is 716 g/mol. The van der Waals surface area contributed by atoms with Crippen molar-refractivity contribution >= 4 is 40.5 Å². The average Bonchev–Trinajstić information content (AvgIpc) is 3.65. The molecule has 1 atom stereocenters. The second kappa shape index (κ2) is 14.1. The van der Waals surface area contributed by atoms with Gasteiger partial charge in [-0.3, -0.25) is 24.4 Å². The van der Waals surface area contributed by atoms with Gasteiger partial charge in [-0.1, -0.05) is 20.4 Å². The molecule has 6 heterocycles. The largest absolute Gasteiger partial charge is 0.381 e. The highest BCUT2D eigenvalue weighted by Gasteiger charge is 2.37. The second-order valence-corrected chi connectivity index (χ2v) is 15.7. The van der Waals surface area contributed by atoms with Crippen molar-refractivity contribution in [3.63, 3.8) is 0 Å². The van der Waals surface area contributed by atoms with Gasteiger partial charge in [0.05, 0.1) is 29.5 Å². The number of anilines is 5. The zero-order valence-electron chi connectivity index (χ0n) is 31.2. The molecule has 2 amide bonds. The van der Waals surface area contributed by atoms with Crippen LogP contribution < -0.4 is 20.4 Å². The molecule has 12 nitrogen and oxygen atoms in total. The van der Waals surface area contributed by atoms with Crippen molar-refractivity contribution in [3.05, 3.63) is 84.1 Å². The fourth-order valence-corrected chi connectivity index (χ4v) is 8.76. The zero-order chi connectivity index (χ0) is 36.9. The standard InChI is InChI=1S/C41H49N9O3/c1-6-38(51)46-32-20-29(7-8-34(32)48-14-13-47(25-26(48)2)30-10-17-53-18-11-30)44-37-24-42-23-33(45-37)31-9-12-43-39(27(31)3)50-16-15-49-35(40(50)52)19-28-21-41(4,5)22-36(28)49/h6-9,12,19-20,23-24,26,30H,1,10-11,13-18,21-22,25H2,2-5H3,(H,44,45)(H,46,51). The fraction of sp³-hybridized carbons (Fsp3) is 0.439. The van der Waals surface area contributed by atoms with Crippen LogP contribution in [-0.2, 0) is 28.9 Å². The van der Waals surface area contributed by atoms with E-state index in [1.165, 1.54) is 17.3 Å². The minimum Gasteiger partial charge on any atom is -0.381 e. The van der Waals surface area contributed by atoms with Crippen LogP contribution in [0.15, 0.2) is 61.6 Å². The van der Waals surface area contributed by atoms with Crippen molar-refractivity contribution < 1.29 is 14.3 Å². The Hall–Kier alpha value is -5.07. The minimum atomic E-state index is -0.268. The maximum Gasteiger partial charge on any atom is 0.276 e. The van der Waals surface area contributed by atoms with Crippen molar-refractivity contribution in [1.29, 1.82) is 0 Å². The summed E-state index contributed by atoms with van der Waals surface area (Å²) < 4.78 is 7.82.